The Labute approximate surface area is 188 Å². The standard InChI is InChI=1S/C21H27BrN4O3S/c1-13(12-22)16-11-15(5-6-17(16)26(7-9-28-3)8-10-29-4)18-19-20(24-14(2)23-18)25-21(27)30-19/h5-6,11,13H,7-10,12H2,1-4H3,(H,23,24,25,27). The molecular weight excluding hydrogens is 468 g/mol. The van der Waals surface area contributed by atoms with Crippen LogP contribution in [-0.4, -0.2) is 60.8 Å². The van der Waals surface area contributed by atoms with Crippen LogP contribution in [0.1, 0.15) is 24.2 Å². The van der Waals surface area contributed by atoms with Gasteiger partial charge in [0.25, 0.3) is 0 Å². The molecule has 0 amide bonds. The second-order valence-electron chi connectivity index (χ2n) is 7.11. The summed E-state index contributed by atoms with van der Waals surface area (Å²) in [6.07, 6.45) is 0. The number of ether oxygens (including phenoxy) is 2. The number of aromatic nitrogens is 3. The number of fused-ring (bicyclic) bond motifs is 1. The third-order valence-corrected chi connectivity index (χ3v) is 6.78. The van der Waals surface area contributed by atoms with Gasteiger partial charge in [0.1, 0.15) is 10.5 Å². The first kappa shape index (κ1) is 22.9. The minimum atomic E-state index is -0.123. The largest absolute Gasteiger partial charge is 0.383 e. The molecule has 0 spiro atoms. The molecule has 0 aliphatic carbocycles. The zero-order chi connectivity index (χ0) is 21.7. The molecule has 30 heavy (non-hydrogen) atoms. The average Bonchev–Trinajstić information content (AvgIpc) is 3.12. The van der Waals surface area contributed by atoms with E-state index in [0.717, 1.165) is 51.4 Å². The summed E-state index contributed by atoms with van der Waals surface area (Å²) in [4.78, 5) is 25.9. The molecule has 1 unspecified atom stereocenters. The molecule has 162 valence electrons. The van der Waals surface area contributed by atoms with Gasteiger partial charge in [0.05, 0.1) is 18.9 Å². The maximum Gasteiger partial charge on any atom is 0.306 e. The molecule has 0 aliphatic heterocycles. The number of thiazole rings is 1. The number of alkyl halides is 1. The lowest BCUT2D eigenvalue weighted by Crippen LogP contribution is -2.31. The Hall–Kier alpha value is -1.81. The third-order valence-electron chi connectivity index (χ3n) is 4.93. The highest BCUT2D eigenvalue weighted by Crippen LogP contribution is 2.35. The second kappa shape index (κ2) is 10.5. The van der Waals surface area contributed by atoms with Crippen molar-refractivity contribution in [3.05, 3.63) is 39.3 Å². The van der Waals surface area contributed by atoms with E-state index in [9.17, 15) is 4.79 Å². The van der Waals surface area contributed by atoms with Gasteiger partial charge in [0.15, 0.2) is 5.65 Å². The van der Waals surface area contributed by atoms with E-state index in [2.05, 4.69) is 60.9 Å². The summed E-state index contributed by atoms with van der Waals surface area (Å²) in [6.45, 7) is 6.85. The zero-order valence-corrected chi connectivity index (χ0v) is 20.1. The van der Waals surface area contributed by atoms with Crippen LogP contribution < -0.4 is 9.77 Å². The molecule has 2 heterocycles. The highest BCUT2D eigenvalue weighted by atomic mass is 79.9. The molecule has 0 fully saturated rings. The first-order valence-corrected chi connectivity index (χ1v) is 11.7. The van der Waals surface area contributed by atoms with Crippen LogP contribution in [0.5, 0.6) is 0 Å². The Kier molecular flexibility index (Phi) is 7.99. The average molecular weight is 495 g/mol. The van der Waals surface area contributed by atoms with Crippen molar-refractivity contribution in [3.63, 3.8) is 0 Å². The van der Waals surface area contributed by atoms with Crippen molar-refractivity contribution < 1.29 is 9.47 Å². The number of nitrogens with one attached hydrogen (secondary N) is 1. The summed E-state index contributed by atoms with van der Waals surface area (Å²) in [5.41, 5.74) is 4.72. The highest BCUT2D eigenvalue weighted by Gasteiger charge is 2.19. The van der Waals surface area contributed by atoms with Crippen LogP contribution in [0, 0.1) is 6.92 Å². The van der Waals surface area contributed by atoms with Gasteiger partial charge >= 0.3 is 4.87 Å². The number of H-pyrrole nitrogens is 1. The van der Waals surface area contributed by atoms with Crippen molar-refractivity contribution in [2.75, 3.05) is 50.8 Å². The summed E-state index contributed by atoms with van der Waals surface area (Å²) in [7, 11) is 3.43. The quantitative estimate of drug-likeness (QED) is 0.429. The Morgan fingerprint density at radius 3 is 2.53 bits per heavy atom. The van der Waals surface area contributed by atoms with Gasteiger partial charge in [0.2, 0.25) is 0 Å². The van der Waals surface area contributed by atoms with Gasteiger partial charge in [-0.1, -0.05) is 40.3 Å². The van der Waals surface area contributed by atoms with E-state index in [-0.39, 0.29) is 10.8 Å². The summed E-state index contributed by atoms with van der Waals surface area (Å²) in [5.74, 6) is 0.920. The lowest BCUT2D eigenvalue weighted by molar-refractivity contribution is 0.190. The molecule has 3 aromatic rings. The smallest absolute Gasteiger partial charge is 0.306 e. The Morgan fingerprint density at radius 2 is 1.90 bits per heavy atom. The minimum Gasteiger partial charge on any atom is -0.383 e. The van der Waals surface area contributed by atoms with E-state index >= 15 is 0 Å². The van der Waals surface area contributed by atoms with Gasteiger partial charge in [-0.2, -0.15) is 0 Å². The fraction of sp³-hybridized carbons (Fsp3) is 0.476. The van der Waals surface area contributed by atoms with Crippen LogP contribution in [0.25, 0.3) is 21.6 Å². The number of halogens is 1. The first-order chi connectivity index (χ1) is 14.5. The maximum atomic E-state index is 11.9. The normalized spacial score (nSPS) is 12.4. The van der Waals surface area contributed by atoms with E-state index in [0.29, 0.717) is 24.7 Å². The van der Waals surface area contributed by atoms with Crippen LogP contribution in [0.2, 0.25) is 0 Å². The summed E-state index contributed by atoms with van der Waals surface area (Å²) in [5, 5.41) is 0.835. The van der Waals surface area contributed by atoms with Crippen molar-refractivity contribution in [2.45, 2.75) is 19.8 Å². The number of aromatic amines is 1. The Morgan fingerprint density at radius 1 is 1.20 bits per heavy atom. The summed E-state index contributed by atoms with van der Waals surface area (Å²) < 4.78 is 11.4. The molecule has 0 radical (unpaired) electrons. The molecule has 9 heteroatoms. The van der Waals surface area contributed by atoms with Gasteiger partial charge in [0, 0.05) is 43.9 Å². The molecule has 0 saturated heterocycles. The Bertz CT molecular complexity index is 1040. The molecule has 3 rings (SSSR count). The highest BCUT2D eigenvalue weighted by molar-refractivity contribution is 9.09. The van der Waals surface area contributed by atoms with Gasteiger partial charge < -0.3 is 14.4 Å². The van der Waals surface area contributed by atoms with Crippen molar-refractivity contribution in [2.24, 2.45) is 0 Å². The zero-order valence-electron chi connectivity index (χ0n) is 17.7. The number of benzene rings is 1. The van der Waals surface area contributed by atoms with E-state index in [1.165, 1.54) is 5.56 Å². The Balaban J connectivity index is 2.12. The summed E-state index contributed by atoms with van der Waals surface area (Å²) >= 11 is 4.78. The molecule has 2 aromatic heterocycles. The predicted octanol–water partition coefficient (Wildman–Crippen LogP) is 3.95. The number of hydrogen-bond acceptors (Lipinski definition) is 7. The monoisotopic (exact) mass is 494 g/mol. The molecule has 1 N–H and O–H groups in total. The lowest BCUT2D eigenvalue weighted by atomic mass is 9.96. The van der Waals surface area contributed by atoms with Crippen molar-refractivity contribution >= 4 is 43.3 Å². The number of rotatable bonds is 10. The molecule has 1 atom stereocenters. The molecule has 0 bridgehead atoms. The van der Waals surface area contributed by atoms with Crippen LogP contribution in [0.4, 0.5) is 5.69 Å². The van der Waals surface area contributed by atoms with Gasteiger partial charge in [-0.25, -0.2) is 9.97 Å². The van der Waals surface area contributed by atoms with Crippen molar-refractivity contribution in [1.29, 1.82) is 0 Å². The second-order valence-corrected chi connectivity index (χ2v) is 8.74. The van der Waals surface area contributed by atoms with Gasteiger partial charge in [-0.3, -0.25) is 9.78 Å². The number of nitrogens with zero attached hydrogens (tertiary/aromatic N) is 3. The number of aryl methyl sites for hydroxylation is 1. The SMILES string of the molecule is COCCN(CCOC)c1ccc(-c2nc(C)nc3[nH]c(=O)sc23)cc1C(C)CBr. The molecular formula is C21H27BrN4O3S. The van der Waals surface area contributed by atoms with E-state index in [4.69, 9.17) is 9.47 Å². The molecule has 7 nitrogen and oxygen atoms in total. The summed E-state index contributed by atoms with van der Waals surface area (Å²) in [6, 6.07) is 6.38. The minimum absolute atomic E-state index is 0.123. The lowest BCUT2D eigenvalue weighted by Gasteiger charge is -2.29. The number of anilines is 1. The topological polar surface area (TPSA) is 80.3 Å². The van der Waals surface area contributed by atoms with Crippen LogP contribution in [0.15, 0.2) is 23.0 Å². The van der Waals surface area contributed by atoms with Crippen molar-refractivity contribution in [3.8, 4) is 11.3 Å². The van der Waals surface area contributed by atoms with E-state index in [1.54, 1.807) is 14.2 Å². The van der Waals surface area contributed by atoms with Gasteiger partial charge in [-0.15, -0.1) is 0 Å². The van der Waals surface area contributed by atoms with Crippen molar-refractivity contribution in [1.82, 2.24) is 15.0 Å². The fourth-order valence-electron chi connectivity index (χ4n) is 3.38. The number of methoxy groups -OCH3 is 2. The first-order valence-electron chi connectivity index (χ1n) is 9.79. The fourth-order valence-corrected chi connectivity index (χ4v) is 4.51. The van der Waals surface area contributed by atoms with Crippen LogP contribution >= 0.6 is 27.3 Å². The maximum absolute atomic E-state index is 11.9. The molecule has 0 aliphatic rings. The molecule has 1 aromatic carbocycles. The van der Waals surface area contributed by atoms with Gasteiger partial charge in [-0.05, 0) is 30.5 Å². The number of hydrogen-bond donors (Lipinski definition) is 1. The van der Waals surface area contributed by atoms with E-state index < -0.39 is 0 Å². The third kappa shape index (κ3) is 5.08. The van der Waals surface area contributed by atoms with Crippen LogP contribution in [0.3, 0.4) is 0 Å². The van der Waals surface area contributed by atoms with E-state index in [1.807, 2.05) is 6.92 Å². The molecule has 0 saturated carbocycles. The predicted molar refractivity (Wildman–Crippen MR) is 126 cm³/mol. The van der Waals surface area contributed by atoms with Crippen LogP contribution in [-0.2, 0) is 9.47 Å².